The average molecular weight is 168 g/mol. The van der Waals surface area contributed by atoms with Crippen LogP contribution in [-0.2, 0) is 0 Å². The lowest BCUT2D eigenvalue weighted by Gasteiger charge is -2.09. The summed E-state index contributed by atoms with van der Waals surface area (Å²) in [6.07, 6.45) is 7.07. The highest BCUT2D eigenvalue weighted by Gasteiger charge is 2.57. The first-order valence-electron chi connectivity index (χ1n) is 5.70. The van der Waals surface area contributed by atoms with Crippen molar-refractivity contribution in [1.29, 1.82) is 0 Å². The van der Waals surface area contributed by atoms with Gasteiger partial charge in [-0.1, -0.05) is 47.0 Å². The summed E-state index contributed by atoms with van der Waals surface area (Å²) in [4.78, 5) is 0. The summed E-state index contributed by atoms with van der Waals surface area (Å²) in [7, 11) is 0. The van der Waals surface area contributed by atoms with E-state index in [9.17, 15) is 0 Å². The maximum Gasteiger partial charge on any atom is -0.0264 e. The third-order valence-corrected chi connectivity index (χ3v) is 3.90. The number of hydrogen-bond donors (Lipinski definition) is 0. The maximum atomic E-state index is 2.50. The van der Waals surface area contributed by atoms with E-state index in [1.807, 2.05) is 0 Å². The normalized spacial score (nSPS) is 40.0. The second-order valence-corrected chi connectivity index (χ2v) is 4.67. The molecule has 3 atom stereocenters. The number of hydrogen-bond acceptors (Lipinski definition) is 0. The van der Waals surface area contributed by atoms with Gasteiger partial charge in [0.2, 0.25) is 0 Å². The van der Waals surface area contributed by atoms with E-state index in [-0.39, 0.29) is 0 Å². The Labute approximate surface area is 77.7 Å². The Kier molecular flexibility index (Phi) is 3.20. The molecule has 0 amide bonds. The summed E-state index contributed by atoms with van der Waals surface area (Å²) < 4.78 is 0. The third kappa shape index (κ3) is 1.53. The van der Waals surface area contributed by atoms with Gasteiger partial charge in [-0.05, 0) is 30.1 Å². The van der Waals surface area contributed by atoms with Crippen LogP contribution in [0.3, 0.4) is 0 Å². The van der Waals surface area contributed by atoms with Crippen LogP contribution in [0, 0.1) is 17.3 Å². The molecule has 0 heteroatoms. The van der Waals surface area contributed by atoms with Crippen molar-refractivity contribution in [3.63, 3.8) is 0 Å². The highest BCUT2D eigenvalue weighted by molar-refractivity contribution is 5.06. The Morgan fingerprint density at radius 3 is 2.08 bits per heavy atom. The van der Waals surface area contributed by atoms with Crippen molar-refractivity contribution in [3.8, 4) is 0 Å². The first kappa shape index (κ1) is 10.1. The third-order valence-electron chi connectivity index (χ3n) is 3.90. The molecule has 1 aliphatic rings. The molecule has 0 radical (unpaired) electrons. The van der Waals surface area contributed by atoms with Crippen LogP contribution in [-0.4, -0.2) is 0 Å². The van der Waals surface area contributed by atoms with Crippen molar-refractivity contribution < 1.29 is 0 Å². The van der Waals surface area contributed by atoms with Gasteiger partial charge in [0.05, 0.1) is 0 Å². The van der Waals surface area contributed by atoms with E-state index in [1.165, 1.54) is 32.1 Å². The monoisotopic (exact) mass is 168 g/mol. The van der Waals surface area contributed by atoms with Crippen molar-refractivity contribution in [2.24, 2.45) is 17.3 Å². The molecule has 0 spiro atoms. The van der Waals surface area contributed by atoms with Gasteiger partial charge in [0, 0.05) is 0 Å². The predicted molar refractivity (Wildman–Crippen MR) is 55.2 cm³/mol. The summed E-state index contributed by atoms with van der Waals surface area (Å²) in [5, 5.41) is 0. The van der Waals surface area contributed by atoms with Crippen LogP contribution in [0.4, 0.5) is 0 Å². The molecule has 0 aromatic carbocycles. The van der Waals surface area contributed by atoms with Crippen LogP contribution in [0.5, 0.6) is 0 Å². The fraction of sp³-hybridized carbons (Fsp3) is 1.00. The molecule has 72 valence electrons. The molecule has 0 heterocycles. The van der Waals surface area contributed by atoms with Crippen LogP contribution in [0.25, 0.3) is 0 Å². The van der Waals surface area contributed by atoms with E-state index in [0.29, 0.717) is 0 Å². The Bertz CT molecular complexity index is 139. The highest BCUT2D eigenvalue weighted by atomic mass is 14.6. The van der Waals surface area contributed by atoms with Gasteiger partial charge in [-0.15, -0.1) is 0 Å². The zero-order chi connectivity index (χ0) is 9.19. The average Bonchev–Trinajstić information content (AvgIpc) is 2.57. The summed E-state index contributed by atoms with van der Waals surface area (Å²) in [5.74, 6) is 2.12. The molecule has 2 unspecified atom stereocenters. The molecular weight excluding hydrogens is 144 g/mol. The fourth-order valence-electron chi connectivity index (χ4n) is 3.27. The van der Waals surface area contributed by atoms with Gasteiger partial charge in [-0.2, -0.15) is 0 Å². The molecule has 0 bridgehead atoms. The van der Waals surface area contributed by atoms with Crippen molar-refractivity contribution >= 4 is 0 Å². The van der Waals surface area contributed by atoms with Gasteiger partial charge in [0.15, 0.2) is 0 Å². The Morgan fingerprint density at radius 1 is 1.00 bits per heavy atom. The lowest BCUT2D eigenvalue weighted by molar-refractivity contribution is 0.421. The minimum atomic E-state index is 0.736. The van der Waals surface area contributed by atoms with Gasteiger partial charge in [-0.3, -0.25) is 0 Å². The first-order valence-corrected chi connectivity index (χ1v) is 5.70. The van der Waals surface area contributed by atoms with E-state index in [0.717, 1.165) is 17.3 Å². The molecule has 1 fully saturated rings. The lowest BCUT2D eigenvalue weighted by Crippen LogP contribution is -1.98. The van der Waals surface area contributed by atoms with Gasteiger partial charge in [0.1, 0.15) is 0 Å². The standard InChI is InChI=1S/C12H24/c1-5-8-11-10(7-3)12(11,4)9-6-2/h10-11H,5-9H2,1-4H3/t10-,11?,12?/m0/s1. The van der Waals surface area contributed by atoms with Crippen molar-refractivity contribution in [2.75, 3.05) is 0 Å². The van der Waals surface area contributed by atoms with E-state index in [4.69, 9.17) is 0 Å². The van der Waals surface area contributed by atoms with Gasteiger partial charge < -0.3 is 0 Å². The SMILES string of the molecule is CCCC1[C@H](CC)C1(C)CCC. The Hall–Kier alpha value is 0. The second-order valence-electron chi connectivity index (χ2n) is 4.67. The van der Waals surface area contributed by atoms with Crippen LogP contribution in [0.1, 0.15) is 59.8 Å². The Balaban J connectivity index is 2.44. The molecule has 1 rings (SSSR count). The summed E-state index contributed by atoms with van der Waals surface area (Å²) >= 11 is 0. The molecule has 0 aromatic heterocycles. The van der Waals surface area contributed by atoms with Gasteiger partial charge in [-0.25, -0.2) is 0 Å². The predicted octanol–water partition coefficient (Wildman–Crippen LogP) is 4.25. The molecule has 0 N–H and O–H groups in total. The highest BCUT2D eigenvalue weighted by Crippen LogP contribution is 2.64. The van der Waals surface area contributed by atoms with Crippen molar-refractivity contribution in [3.05, 3.63) is 0 Å². The van der Waals surface area contributed by atoms with E-state index < -0.39 is 0 Å². The van der Waals surface area contributed by atoms with E-state index in [2.05, 4.69) is 27.7 Å². The minimum absolute atomic E-state index is 0.736. The fourth-order valence-corrected chi connectivity index (χ4v) is 3.27. The maximum absolute atomic E-state index is 2.50. The molecule has 12 heavy (non-hydrogen) atoms. The first-order chi connectivity index (χ1) is 5.70. The van der Waals surface area contributed by atoms with Crippen LogP contribution < -0.4 is 0 Å². The second kappa shape index (κ2) is 3.81. The van der Waals surface area contributed by atoms with Crippen LogP contribution >= 0.6 is 0 Å². The zero-order valence-corrected chi connectivity index (χ0v) is 9.19. The van der Waals surface area contributed by atoms with E-state index in [1.54, 1.807) is 0 Å². The van der Waals surface area contributed by atoms with E-state index >= 15 is 0 Å². The number of rotatable bonds is 5. The molecule has 1 aliphatic carbocycles. The minimum Gasteiger partial charge on any atom is -0.0654 e. The molecule has 0 aliphatic heterocycles. The quantitative estimate of drug-likeness (QED) is 0.575. The molecule has 1 saturated carbocycles. The van der Waals surface area contributed by atoms with Crippen molar-refractivity contribution in [1.82, 2.24) is 0 Å². The van der Waals surface area contributed by atoms with Gasteiger partial charge >= 0.3 is 0 Å². The van der Waals surface area contributed by atoms with Crippen molar-refractivity contribution in [2.45, 2.75) is 59.8 Å². The Morgan fingerprint density at radius 2 is 1.67 bits per heavy atom. The summed E-state index contributed by atoms with van der Waals surface area (Å²) in [5.41, 5.74) is 0.736. The van der Waals surface area contributed by atoms with Gasteiger partial charge in [0.25, 0.3) is 0 Å². The summed E-state index contributed by atoms with van der Waals surface area (Å²) in [6.45, 7) is 9.50. The molecule has 0 nitrogen and oxygen atoms in total. The zero-order valence-electron chi connectivity index (χ0n) is 9.19. The lowest BCUT2D eigenvalue weighted by atomic mass is 9.97. The molecular formula is C12H24. The van der Waals surface area contributed by atoms with Crippen LogP contribution in [0.2, 0.25) is 0 Å². The molecule has 0 aromatic rings. The smallest absolute Gasteiger partial charge is 0.0264 e. The topological polar surface area (TPSA) is 0 Å². The van der Waals surface area contributed by atoms with Crippen LogP contribution in [0.15, 0.2) is 0 Å². The molecule has 0 saturated heterocycles. The summed E-state index contributed by atoms with van der Waals surface area (Å²) in [6, 6.07) is 0. The largest absolute Gasteiger partial charge is 0.0654 e.